The van der Waals surface area contributed by atoms with Crippen molar-refractivity contribution in [3.63, 3.8) is 0 Å². The van der Waals surface area contributed by atoms with Crippen LogP contribution in [0.5, 0.6) is 0 Å². The molecule has 2 aliphatic carbocycles. The number of esters is 3. The van der Waals surface area contributed by atoms with E-state index in [1.54, 1.807) is 72.8 Å². The highest BCUT2D eigenvalue weighted by Crippen LogP contribution is 2.46. The third-order valence-corrected chi connectivity index (χ3v) is 12.2. The van der Waals surface area contributed by atoms with Crippen molar-refractivity contribution >= 4 is 49.8 Å². The molecule has 56 heavy (non-hydrogen) atoms. The van der Waals surface area contributed by atoms with Gasteiger partial charge in [-0.2, -0.15) is 0 Å². The first-order valence-electron chi connectivity index (χ1n) is 18.0. The maximum Gasteiger partial charge on any atom is 0.338 e. The van der Waals surface area contributed by atoms with Gasteiger partial charge in [-0.1, -0.05) is 101 Å². The Morgan fingerprint density at radius 3 is 1.16 bits per heavy atom. The van der Waals surface area contributed by atoms with Crippen molar-refractivity contribution < 1.29 is 52.6 Å². The molecule has 7 rings (SSSR count). The Hall–Kier alpha value is -3.17. The topological polar surface area (TPSA) is 136 Å². The number of alkyl halides is 2. The van der Waals surface area contributed by atoms with E-state index < -0.39 is 65.1 Å². The molecule has 3 aromatic carbocycles. The van der Waals surface area contributed by atoms with Crippen LogP contribution in [0.25, 0.3) is 0 Å². The number of rotatable bonds is 6. The second-order valence-corrected chi connectivity index (χ2v) is 17.3. The number of carbonyl (C=O) groups excluding carboxylic acids is 3. The summed E-state index contributed by atoms with van der Waals surface area (Å²) < 4.78 is 41.1. The van der Waals surface area contributed by atoms with Gasteiger partial charge in [0.25, 0.3) is 0 Å². The molecule has 2 saturated carbocycles. The van der Waals surface area contributed by atoms with Crippen LogP contribution in [0.15, 0.2) is 91.0 Å². The summed E-state index contributed by atoms with van der Waals surface area (Å²) in [5, 5.41) is 10.4. The molecule has 3 aromatic rings. The van der Waals surface area contributed by atoms with E-state index >= 15 is 0 Å². The molecule has 2 spiro atoms. The van der Waals surface area contributed by atoms with Crippen molar-refractivity contribution in [2.75, 3.05) is 13.2 Å². The summed E-state index contributed by atoms with van der Waals surface area (Å²) in [7, 11) is 0. The Morgan fingerprint density at radius 2 is 0.857 bits per heavy atom. The summed E-state index contributed by atoms with van der Waals surface area (Å²) in [5.74, 6) is -2.71. The number of halogens is 2. The van der Waals surface area contributed by atoms with Crippen molar-refractivity contribution in [1.29, 1.82) is 0 Å². The molecule has 4 fully saturated rings. The molecule has 4 aliphatic rings. The lowest BCUT2D eigenvalue weighted by molar-refractivity contribution is -0.183. The highest BCUT2D eigenvalue weighted by molar-refractivity contribution is 9.09. The third-order valence-electron chi connectivity index (χ3n) is 9.83. The van der Waals surface area contributed by atoms with Crippen LogP contribution >= 0.6 is 31.9 Å². The van der Waals surface area contributed by atoms with E-state index in [1.165, 1.54) is 0 Å². The van der Waals surface area contributed by atoms with Crippen molar-refractivity contribution in [2.45, 2.75) is 125 Å². The molecular formula is C43H54Br2O11. The zero-order chi connectivity index (χ0) is 38.7. The van der Waals surface area contributed by atoms with Crippen molar-refractivity contribution in [1.82, 2.24) is 0 Å². The Morgan fingerprint density at radius 1 is 0.554 bits per heavy atom. The molecule has 1 N–H and O–H groups in total. The van der Waals surface area contributed by atoms with Gasteiger partial charge in [-0.15, -0.1) is 0 Å². The summed E-state index contributed by atoms with van der Waals surface area (Å²) in [6, 6.07) is 26.5. The van der Waals surface area contributed by atoms with Crippen LogP contribution < -0.4 is 0 Å². The minimum Gasteiger partial charge on any atom is -0.457 e. The largest absolute Gasteiger partial charge is 0.457 e. The maximum atomic E-state index is 12.7. The first-order valence-corrected chi connectivity index (χ1v) is 19.8. The lowest BCUT2D eigenvalue weighted by atomic mass is 9.81. The van der Waals surface area contributed by atoms with E-state index in [0.29, 0.717) is 55.6 Å². The standard InChI is InChI=1S/C24H25BrO6.C17H21BrO5.2CH4/c1-23(2)28-15-24(31-23)13-18(29-21(26)16-9-5-3-6-10-16)20(25)19(14-24)30-22(27)17-11-7-4-8-12-17;1-16(2)21-10-17(23-16)8-12(19)14(18)13(9-17)22-15(20)11-6-4-3-5-7-11;;/h3-12,18-20H,13-15H2,1-2H3;3-7,12-14,19H,8-10H2,1-2H3;2*1H4/t18-,19-,20?,24?;12-,13-,14-,17-;;/m11../s1. The summed E-state index contributed by atoms with van der Waals surface area (Å²) in [4.78, 5) is 37.0. The number of hydrogen-bond donors (Lipinski definition) is 1. The summed E-state index contributed by atoms with van der Waals surface area (Å²) in [5.41, 5.74) is 0.0867. The summed E-state index contributed by atoms with van der Waals surface area (Å²) >= 11 is 7.09. The highest BCUT2D eigenvalue weighted by atomic mass is 79.9. The fourth-order valence-electron chi connectivity index (χ4n) is 7.42. The quantitative estimate of drug-likeness (QED) is 0.145. The molecule has 0 bridgehead atoms. The minimum absolute atomic E-state index is 0. The minimum atomic E-state index is -0.763. The average Bonchev–Trinajstić information content (AvgIpc) is 3.62. The number of hydrogen-bond acceptors (Lipinski definition) is 11. The molecule has 6 atom stereocenters. The Labute approximate surface area is 346 Å². The van der Waals surface area contributed by atoms with Gasteiger partial charge in [0.1, 0.15) is 29.5 Å². The lowest BCUT2D eigenvalue weighted by Gasteiger charge is -2.43. The molecule has 2 heterocycles. The van der Waals surface area contributed by atoms with E-state index in [0.717, 1.165) is 0 Å². The van der Waals surface area contributed by atoms with Gasteiger partial charge in [0.2, 0.25) is 0 Å². The zero-order valence-corrected chi connectivity index (χ0v) is 33.8. The third kappa shape index (κ3) is 11.1. The van der Waals surface area contributed by atoms with E-state index in [9.17, 15) is 19.5 Å². The van der Waals surface area contributed by atoms with Gasteiger partial charge in [0, 0.05) is 25.7 Å². The SMILES string of the molecule is C.C.CC1(C)OCC2(C[C@@H](OC(=O)c3ccccc3)C(Br)[C@H](OC(=O)c3ccccc3)C2)O1.CC1(C)OC[C@]2(C[C@@H](O)[C@@H](Br)[C@H](OC(=O)c3ccccc3)C2)O1. The number of carbonyl (C=O) groups is 3. The smallest absolute Gasteiger partial charge is 0.338 e. The van der Waals surface area contributed by atoms with E-state index in [4.69, 9.17) is 33.2 Å². The second kappa shape index (κ2) is 18.6. The molecular weight excluding hydrogens is 852 g/mol. The van der Waals surface area contributed by atoms with Crippen LogP contribution in [0.3, 0.4) is 0 Å². The molecule has 2 saturated heterocycles. The Bertz CT molecular complexity index is 1690. The molecule has 0 radical (unpaired) electrons. The van der Waals surface area contributed by atoms with Gasteiger partial charge in [0.15, 0.2) is 11.6 Å². The van der Waals surface area contributed by atoms with E-state index in [2.05, 4.69) is 31.9 Å². The zero-order valence-electron chi connectivity index (χ0n) is 30.7. The highest BCUT2D eigenvalue weighted by Gasteiger charge is 2.56. The van der Waals surface area contributed by atoms with Crippen LogP contribution in [-0.4, -0.2) is 93.1 Å². The van der Waals surface area contributed by atoms with Gasteiger partial charge in [-0.05, 0) is 64.1 Å². The number of aliphatic hydroxyl groups is 1. The van der Waals surface area contributed by atoms with Crippen molar-refractivity contribution in [2.24, 2.45) is 0 Å². The van der Waals surface area contributed by atoms with Gasteiger partial charge in [0.05, 0.1) is 45.7 Å². The molecule has 11 nitrogen and oxygen atoms in total. The monoisotopic (exact) mass is 904 g/mol. The van der Waals surface area contributed by atoms with Crippen molar-refractivity contribution in [3.8, 4) is 0 Å². The van der Waals surface area contributed by atoms with Gasteiger partial charge < -0.3 is 38.3 Å². The Kier molecular flexibility index (Phi) is 15.1. The summed E-state index contributed by atoms with van der Waals surface area (Å²) in [6.07, 6.45) is -0.471. The number of benzene rings is 3. The van der Waals surface area contributed by atoms with Crippen LogP contribution in [-0.2, 0) is 33.2 Å². The normalized spacial score (nSPS) is 31.1. The fourth-order valence-corrected chi connectivity index (χ4v) is 8.49. The number of aliphatic hydroxyl groups excluding tert-OH is 1. The van der Waals surface area contributed by atoms with E-state index in [-0.39, 0.29) is 24.5 Å². The van der Waals surface area contributed by atoms with Gasteiger partial charge >= 0.3 is 17.9 Å². The fraction of sp³-hybridized carbons (Fsp3) is 0.512. The predicted octanol–water partition coefficient (Wildman–Crippen LogP) is 8.44. The molecule has 0 amide bonds. The Balaban J connectivity index is 0.000000250. The van der Waals surface area contributed by atoms with Crippen LogP contribution in [0.2, 0.25) is 0 Å². The van der Waals surface area contributed by atoms with Crippen molar-refractivity contribution in [3.05, 3.63) is 108 Å². The average molecular weight is 907 g/mol. The van der Waals surface area contributed by atoms with Crippen LogP contribution in [0.4, 0.5) is 0 Å². The van der Waals surface area contributed by atoms with Crippen LogP contribution in [0, 0.1) is 0 Å². The van der Waals surface area contributed by atoms with Crippen LogP contribution in [0.1, 0.15) is 99.3 Å². The molecule has 2 aliphatic heterocycles. The molecule has 0 unspecified atom stereocenters. The molecule has 0 aromatic heterocycles. The summed E-state index contributed by atoms with van der Waals surface area (Å²) in [6.45, 7) is 8.10. The maximum absolute atomic E-state index is 12.7. The van der Waals surface area contributed by atoms with E-state index in [1.807, 2.05) is 45.9 Å². The second-order valence-electron chi connectivity index (χ2n) is 15.1. The first-order chi connectivity index (χ1) is 25.6. The van der Waals surface area contributed by atoms with Gasteiger partial charge in [-0.25, -0.2) is 14.4 Å². The molecule has 306 valence electrons. The van der Waals surface area contributed by atoms with Gasteiger partial charge in [-0.3, -0.25) is 0 Å². The number of ether oxygens (including phenoxy) is 7. The first kappa shape index (κ1) is 45.5. The molecule has 13 heteroatoms. The lowest BCUT2D eigenvalue weighted by Crippen LogP contribution is -2.54. The predicted molar refractivity (Wildman–Crippen MR) is 218 cm³/mol.